The molecule has 0 amide bonds. The predicted molar refractivity (Wildman–Crippen MR) is 331 cm³/mol. The summed E-state index contributed by atoms with van der Waals surface area (Å²) in [5.74, 6) is -3.11. The fraction of sp³-hybridized carbons (Fsp3) is 0.826. The average molecular weight is 1140 g/mol. The van der Waals surface area contributed by atoms with Crippen LogP contribution in [0.3, 0.4) is 0 Å². The maximum absolute atomic E-state index is 13.2. The van der Waals surface area contributed by atoms with Crippen LogP contribution in [0.2, 0.25) is 0 Å². The number of allylic oxidation sites excluding steroid dienone is 8. The molecule has 1 fully saturated rings. The predicted octanol–water partition coefficient (Wildman–Crippen LogP) is 18.1. The van der Waals surface area contributed by atoms with Gasteiger partial charge in [-0.3, -0.25) is 14.4 Å². The minimum Gasteiger partial charge on any atom is -0.479 e. The molecule has 81 heavy (non-hydrogen) atoms. The SMILES string of the molecule is CCC/C=C\C/C=C\CCCCCCCC(=O)OC(COC(=O)CCCCCCCCCCCCCCCCCCCCC)COC1OC(C(=O)O)C(O)C(O)C1OC(=O)CCCCCCCCCCC/C=C\C/C=C\CCCCC. The molecule has 0 spiro atoms. The number of carboxylic acids is 1. The minimum atomic E-state index is -1.91. The molecule has 6 atom stereocenters. The molecule has 0 aromatic heterocycles. The number of aliphatic carboxylic acids is 1. The number of carboxylic acid groups (broad SMARTS) is 1. The van der Waals surface area contributed by atoms with Gasteiger partial charge < -0.3 is 39.0 Å². The van der Waals surface area contributed by atoms with Crippen molar-refractivity contribution in [3.8, 4) is 0 Å². The van der Waals surface area contributed by atoms with Crippen molar-refractivity contribution < 1.29 is 58.2 Å². The number of aliphatic hydroxyl groups excluding tert-OH is 2. The highest BCUT2D eigenvalue weighted by Crippen LogP contribution is 2.27. The summed E-state index contributed by atoms with van der Waals surface area (Å²) in [5, 5.41) is 31.6. The molecule has 470 valence electrons. The van der Waals surface area contributed by atoms with Gasteiger partial charge in [0, 0.05) is 19.3 Å². The van der Waals surface area contributed by atoms with E-state index in [-0.39, 0.29) is 25.9 Å². The van der Waals surface area contributed by atoms with Gasteiger partial charge in [-0.05, 0) is 77.0 Å². The monoisotopic (exact) mass is 1140 g/mol. The molecule has 0 saturated carbocycles. The van der Waals surface area contributed by atoms with Crippen molar-refractivity contribution in [3.63, 3.8) is 0 Å². The lowest BCUT2D eigenvalue weighted by molar-refractivity contribution is -0.301. The van der Waals surface area contributed by atoms with Crippen LogP contribution in [-0.4, -0.2) is 89.2 Å². The Labute approximate surface area is 494 Å². The van der Waals surface area contributed by atoms with Crippen LogP contribution >= 0.6 is 0 Å². The number of hydrogen-bond donors (Lipinski definition) is 3. The third-order valence-corrected chi connectivity index (χ3v) is 15.4. The van der Waals surface area contributed by atoms with Crippen LogP contribution in [0.15, 0.2) is 48.6 Å². The van der Waals surface area contributed by atoms with Crippen LogP contribution in [0.4, 0.5) is 0 Å². The third kappa shape index (κ3) is 46.7. The number of unbranched alkanes of at least 4 members (excludes halogenated alkanes) is 36. The quantitative estimate of drug-likeness (QED) is 0.0228. The van der Waals surface area contributed by atoms with Gasteiger partial charge in [0.05, 0.1) is 6.61 Å². The van der Waals surface area contributed by atoms with Gasteiger partial charge in [0.1, 0.15) is 18.8 Å². The van der Waals surface area contributed by atoms with Crippen molar-refractivity contribution in [1.29, 1.82) is 0 Å². The average Bonchev–Trinajstić information content (AvgIpc) is 3.54. The largest absolute Gasteiger partial charge is 0.479 e. The van der Waals surface area contributed by atoms with E-state index in [1.165, 1.54) is 148 Å². The second-order valence-corrected chi connectivity index (χ2v) is 23.1. The first-order chi connectivity index (χ1) is 39.6. The van der Waals surface area contributed by atoms with Crippen LogP contribution in [0.5, 0.6) is 0 Å². The molecule has 6 unspecified atom stereocenters. The van der Waals surface area contributed by atoms with Gasteiger partial charge in [-0.2, -0.15) is 0 Å². The molecular formula is C69H122O12. The smallest absolute Gasteiger partial charge is 0.335 e. The van der Waals surface area contributed by atoms with Crippen molar-refractivity contribution >= 4 is 23.9 Å². The van der Waals surface area contributed by atoms with Gasteiger partial charge in [-0.15, -0.1) is 0 Å². The molecular weight excluding hydrogens is 1020 g/mol. The molecule has 12 heteroatoms. The molecule has 0 radical (unpaired) electrons. The number of aliphatic hydroxyl groups is 2. The van der Waals surface area contributed by atoms with E-state index in [4.69, 9.17) is 23.7 Å². The second kappa shape index (κ2) is 57.1. The fourth-order valence-corrected chi connectivity index (χ4v) is 10.2. The zero-order chi connectivity index (χ0) is 58.9. The molecule has 1 rings (SSSR count). The van der Waals surface area contributed by atoms with Crippen molar-refractivity contribution in [3.05, 3.63) is 48.6 Å². The first-order valence-electron chi connectivity index (χ1n) is 33.6. The molecule has 3 N–H and O–H groups in total. The molecule has 1 aliphatic rings. The van der Waals surface area contributed by atoms with Gasteiger partial charge in [0.15, 0.2) is 24.6 Å². The Kier molecular flexibility index (Phi) is 53.4. The van der Waals surface area contributed by atoms with Crippen LogP contribution < -0.4 is 0 Å². The Morgan fingerprint density at radius 1 is 0.407 bits per heavy atom. The molecule has 1 aliphatic heterocycles. The van der Waals surface area contributed by atoms with Gasteiger partial charge in [-0.1, -0.05) is 268 Å². The van der Waals surface area contributed by atoms with E-state index < -0.39 is 67.3 Å². The van der Waals surface area contributed by atoms with E-state index >= 15 is 0 Å². The van der Waals surface area contributed by atoms with E-state index in [0.717, 1.165) is 109 Å². The van der Waals surface area contributed by atoms with E-state index in [2.05, 4.69) is 69.4 Å². The van der Waals surface area contributed by atoms with Crippen LogP contribution in [0.25, 0.3) is 0 Å². The summed E-state index contributed by atoms with van der Waals surface area (Å²) in [5.41, 5.74) is 0. The molecule has 12 nitrogen and oxygen atoms in total. The zero-order valence-electron chi connectivity index (χ0n) is 52.0. The van der Waals surface area contributed by atoms with Crippen LogP contribution in [0.1, 0.15) is 316 Å². The fourth-order valence-electron chi connectivity index (χ4n) is 10.2. The number of carbonyl (C=O) groups excluding carboxylic acids is 3. The Bertz CT molecular complexity index is 1590. The molecule has 0 aliphatic carbocycles. The van der Waals surface area contributed by atoms with Gasteiger partial charge >= 0.3 is 23.9 Å². The maximum atomic E-state index is 13.2. The van der Waals surface area contributed by atoms with Crippen molar-refractivity contribution in [1.82, 2.24) is 0 Å². The standard InChI is InChI=1S/C69H122O12/c1-4-7-10-13-16-19-22-25-27-29-31-33-35-38-40-43-46-49-52-55-61(70)77-58-60(79-62(71)56-53-50-47-44-41-37-24-21-18-15-12-9-6-3)59-78-69-67(65(74)64(73)66(81-69)68(75)76)80-63(72)57-54-51-48-45-42-39-36-34-32-30-28-26-23-20-17-14-11-8-5-2/h12,15,17,20-21,24,26,28,60,64-67,69,73-74H,4-11,13-14,16,18-19,22-23,25,27,29-59H2,1-3H3,(H,75,76)/b15-12-,20-17-,24-21-,28-26-. The van der Waals surface area contributed by atoms with E-state index in [1.54, 1.807) is 0 Å². The molecule has 0 aromatic rings. The third-order valence-electron chi connectivity index (χ3n) is 15.4. The summed E-state index contributed by atoms with van der Waals surface area (Å²) in [6.07, 6.45) is 57.8. The number of carbonyl (C=O) groups is 4. The lowest BCUT2D eigenvalue weighted by Gasteiger charge is -2.40. The van der Waals surface area contributed by atoms with Crippen molar-refractivity contribution in [2.24, 2.45) is 0 Å². The Morgan fingerprint density at radius 2 is 0.765 bits per heavy atom. The van der Waals surface area contributed by atoms with Gasteiger partial charge in [0.2, 0.25) is 0 Å². The summed E-state index contributed by atoms with van der Waals surface area (Å²) in [4.78, 5) is 51.3. The molecule has 0 aromatic carbocycles. The number of hydrogen-bond acceptors (Lipinski definition) is 11. The van der Waals surface area contributed by atoms with Crippen molar-refractivity contribution in [2.45, 2.75) is 353 Å². The topological polar surface area (TPSA) is 175 Å². The second-order valence-electron chi connectivity index (χ2n) is 23.1. The first-order valence-corrected chi connectivity index (χ1v) is 33.6. The lowest BCUT2D eigenvalue weighted by atomic mass is 9.98. The van der Waals surface area contributed by atoms with Crippen LogP contribution in [-0.2, 0) is 42.9 Å². The van der Waals surface area contributed by atoms with Gasteiger partial charge in [-0.25, -0.2) is 4.79 Å². The van der Waals surface area contributed by atoms with E-state index in [1.807, 2.05) is 0 Å². The Morgan fingerprint density at radius 3 is 1.19 bits per heavy atom. The molecule has 1 saturated heterocycles. The van der Waals surface area contributed by atoms with E-state index in [0.29, 0.717) is 19.3 Å². The minimum absolute atomic E-state index is 0.0559. The summed E-state index contributed by atoms with van der Waals surface area (Å²) in [7, 11) is 0. The zero-order valence-corrected chi connectivity index (χ0v) is 52.0. The van der Waals surface area contributed by atoms with Gasteiger partial charge in [0.25, 0.3) is 0 Å². The molecule has 0 bridgehead atoms. The van der Waals surface area contributed by atoms with E-state index in [9.17, 15) is 34.5 Å². The number of ether oxygens (including phenoxy) is 5. The number of esters is 3. The summed E-state index contributed by atoms with van der Waals surface area (Å²) in [6.45, 7) is 5.94. The normalized spacial score (nSPS) is 18.0. The highest BCUT2D eigenvalue weighted by Gasteiger charge is 2.50. The molecule has 1 heterocycles. The summed E-state index contributed by atoms with van der Waals surface area (Å²) in [6, 6.07) is 0. The Hall–Kier alpha value is -3.32. The highest BCUT2D eigenvalue weighted by molar-refractivity contribution is 5.74. The summed E-state index contributed by atoms with van der Waals surface area (Å²) < 4.78 is 28.6. The van der Waals surface area contributed by atoms with Crippen LogP contribution in [0, 0.1) is 0 Å². The first kappa shape index (κ1) is 75.7. The Balaban J connectivity index is 2.61. The highest BCUT2D eigenvalue weighted by atomic mass is 16.7. The lowest BCUT2D eigenvalue weighted by Crippen LogP contribution is -2.61. The summed E-state index contributed by atoms with van der Waals surface area (Å²) >= 11 is 0. The number of rotatable bonds is 58. The van der Waals surface area contributed by atoms with Crippen molar-refractivity contribution in [2.75, 3.05) is 13.2 Å². The maximum Gasteiger partial charge on any atom is 0.335 e.